The van der Waals surface area contributed by atoms with Crippen molar-refractivity contribution in [1.82, 2.24) is 0 Å². The fourth-order valence-corrected chi connectivity index (χ4v) is 2.42. The highest BCUT2D eigenvalue weighted by atomic mass is 35.5. The van der Waals surface area contributed by atoms with E-state index in [1.807, 2.05) is 42.6 Å². The maximum atomic E-state index is 11.9. The van der Waals surface area contributed by atoms with Gasteiger partial charge in [-0.3, -0.25) is 4.79 Å². The zero-order chi connectivity index (χ0) is 12.3. The third-order valence-electron chi connectivity index (χ3n) is 2.38. The van der Waals surface area contributed by atoms with Crippen molar-refractivity contribution in [2.75, 3.05) is 0 Å². The van der Waals surface area contributed by atoms with Crippen LogP contribution in [0.3, 0.4) is 0 Å². The molecule has 0 atom stereocenters. The van der Waals surface area contributed by atoms with Crippen molar-refractivity contribution >= 4 is 34.8 Å². The van der Waals surface area contributed by atoms with Gasteiger partial charge >= 0.3 is 0 Å². The molecular formula is C14H11ClOS. The summed E-state index contributed by atoms with van der Waals surface area (Å²) in [5, 5.41) is 2.63. The predicted molar refractivity (Wildman–Crippen MR) is 73.9 cm³/mol. The number of thiophene rings is 1. The topological polar surface area (TPSA) is 17.1 Å². The van der Waals surface area contributed by atoms with Crippen molar-refractivity contribution in [3.05, 3.63) is 62.8 Å². The Morgan fingerprint density at radius 2 is 1.94 bits per heavy atom. The maximum absolute atomic E-state index is 11.9. The fraction of sp³-hybridized carbons (Fsp3) is 0.0714. The van der Waals surface area contributed by atoms with Crippen LogP contribution in [-0.2, 0) is 0 Å². The van der Waals surface area contributed by atoms with Crippen LogP contribution in [0.4, 0.5) is 0 Å². The number of rotatable bonds is 3. The van der Waals surface area contributed by atoms with Gasteiger partial charge in [0.25, 0.3) is 0 Å². The molecule has 1 nitrogen and oxygen atoms in total. The first-order chi connectivity index (χ1) is 8.16. The molecule has 0 fully saturated rings. The second-order valence-corrected chi connectivity index (χ2v) is 5.03. The zero-order valence-corrected chi connectivity index (χ0v) is 10.9. The van der Waals surface area contributed by atoms with Crippen molar-refractivity contribution < 1.29 is 4.79 Å². The molecule has 2 aromatic rings. The van der Waals surface area contributed by atoms with Crippen molar-refractivity contribution in [2.45, 2.75) is 6.92 Å². The Morgan fingerprint density at radius 1 is 1.24 bits per heavy atom. The number of halogens is 1. The summed E-state index contributed by atoms with van der Waals surface area (Å²) in [6.07, 6.45) is 3.40. The quantitative estimate of drug-likeness (QED) is 0.583. The number of aryl methyl sites for hydroxylation is 1. The zero-order valence-electron chi connectivity index (χ0n) is 9.31. The highest BCUT2D eigenvalue weighted by molar-refractivity contribution is 7.12. The van der Waals surface area contributed by atoms with Crippen LogP contribution in [0.1, 0.15) is 20.8 Å². The van der Waals surface area contributed by atoms with Gasteiger partial charge in [-0.2, -0.15) is 0 Å². The van der Waals surface area contributed by atoms with Crippen molar-refractivity contribution in [1.29, 1.82) is 0 Å². The van der Waals surface area contributed by atoms with Gasteiger partial charge in [0, 0.05) is 5.02 Å². The number of benzene rings is 1. The van der Waals surface area contributed by atoms with E-state index < -0.39 is 0 Å². The lowest BCUT2D eigenvalue weighted by Gasteiger charge is -1.94. The number of ketones is 1. The van der Waals surface area contributed by atoms with E-state index >= 15 is 0 Å². The Bertz CT molecular complexity index is 552. The molecule has 0 amide bonds. The van der Waals surface area contributed by atoms with Crippen molar-refractivity contribution in [3.63, 3.8) is 0 Å². The molecule has 2 rings (SSSR count). The Balaban J connectivity index is 2.14. The molecule has 86 valence electrons. The molecule has 0 aliphatic rings. The van der Waals surface area contributed by atoms with E-state index in [-0.39, 0.29) is 5.78 Å². The first-order valence-corrected chi connectivity index (χ1v) is 6.44. The summed E-state index contributed by atoms with van der Waals surface area (Å²) in [7, 11) is 0. The summed E-state index contributed by atoms with van der Waals surface area (Å²) in [4.78, 5) is 12.7. The molecule has 0 spiro atoms. The van der Waals surface area contributed by atoms with Crippen molar-refractivity contribution in [3.8, 4) is 0 Å². The van der Waals surface area contributed by atoms with Gasteiger partial charge in [0.15, 0.2) is 5.78 Å². The molecular weight excluding hydrogens is 252 g/mol. The SMILES string of the molecule is Cc1ccsc1C(=O)/C=C/c1ccc(Cl)cc1. The molecule has 0 aliphatic heterocycles. The largest absolute Gasteiger partial charge is 0.288 e. The molecule has 0 bridgehead atoms. The van der Waals surface area contributed by atoms with E-state index in [4.69, 9.17) is 11.6 Å². The summed E-state index contributed by atoms with van der Waals surface area (Å²) in [5.74, 6) is 0.0486. The Hall–Kier alpha value is -1.38. The van der Waals surface area contributed by atoms with Crippen LogP contribution in [-0.4, -0.2) is 5.78 Å². The average Bonchev–Trinajstić information content (AvgIpc) is 2.74. The monoisotopic (exact) mass is 262 g/mol. The molecule has 1 heterocycles. The van der Waals surface area contributed by atoms with E-state index in [9.17, 15) is 4.79 Å². The van der Waals surface area contributed by atoms with E-state index in [1.165, 1.54) is 11.3 Å². The molecule has 0 radical (unpaired) electrons. The van der Waals surface area contributed by atoms with Gasteiger partial charge in [-0.25, -0.2) is 0 Å². The second kappa shape index (κ2) is 5.30. The van der Waals surface area contributed by atoms with E-state index in [1.54, 1.807) is 12.2 Å². The Labute approximate surface area is 109 Å². The smallest absolute Gasteiger partial charge is 0.196 e. The molecule has 0 saturated carbocycles. The van der Waals surface area contributed by atoms with Crippen LogP contribution in [0, 0.1) is 6.92 Å². The normalized spacial score (nSPS) is 10.9. The van der Waals surface area contributed by atoms with Gasteiger partial charge in [-0.1, -0.05) is 29.8 Å². The summed E-state index contributed by atoms with van der Waals surface area (Å²) in [6, 6.07) is 9.33. The second-order valence-electron chi connectivity index (χ2n) is 3.68. The van der Waals surface area contributed by atoms with Crippen LogP contribution in [0.2, 0.25) is 5.02 Å². The Morgan fingerprint density at radius 3 is 2.53 bits per heavy atom. The first kappa shape index (κ1) is 12.1. The lowest BCUT2D eigenvalue weighted by molar-refractivity contribution is 0.105. The molecule has 3 heteroatoms. The molecule has 0 unspecified atom stereocenters. The number of hydrogen-bond acceptors (Lipinski definition) is 2. The minimum absolute atomic E-state index is 0.0486. The van der Waals surface area contributed by atoms with Crippen LogP contribution in [0.5, 0.6) is 0 Å². The third-order valence-corrected chi connectivity index (χ3v) is 3.67. The predicted octanol–water partition coefficient (Wildman–Crippen LogP) is 4.61. The van der Waals surface area contributed by atoms with Gasteiger partial charge in [-0.05, 0) is 47.7 Å². The van der Waals surface area contributed by atoms with Gasteiger partial charge in [-0.15, -0.1) is 11.3 Å². The summed E-state index contributed by atoms with van der Waals surface area (Å²) < 4.78 is 0. The maximum Gasteiger partial charge on any atom is 0.196 e. The van der Waals surface area contributed by atoms with Crippen molar-refractivity contribution in [2.24, 2.45) is 0 Å². The highest BCUT2D eigenvalue weighted by Crippen LogP contribution is 2.17. The minimum Gasteiger partial charge on any atom is -0.288 e. The number of hydrogen-bond donors (Lipinski definition) is 0. The average molecular weight is 263 g/mol. The van der Waals surface area contributed by atoms with Gasteiger partial charge in [0.05, 0.1) is 4.88 Å². The molecule has 1 aromatic heterocycles. The third kappa shape index (κ3) is 3.05. The lowest BCUT2D eigenvalue weighted by Crippen LogP contribution is -1.91. The molecule has 0 aliphatic carbocycles. The molecule has 17 heavy (non-hydrogen) atoms. The summed E-state index contributed by atoms with van der Waals surface area (Å²) in [5.41, 5.74) is 2.00. The highest BCUT2D eigenvalue weighted by Gasteiger charge is 2.06. The minimum atomic E-state index is 0.0486. The molecule has 0 saturated heterocycles. The van der Waals surface area contributed by atoms with Gasteiger partial charge in [0.2, 0.25) is 0 Å². The molecule has 0 N–H and O–H groups in total. The summed E-state index contributed by atoms with van der Waals surface area (Å²) in [6.45, 7) is 1.94. The fourth-order valence-electron chi connectivity index (χ4n) is 1.45. The van der Waals surface area contributed by atoms with Crippen LogP contribution < -0.4 is 0 Å². The van der Waals surface area contributed by atoms with Crippen LogP contribution >= 0.6 is 22.9 Å². The first-order valence-electron chi connectivity index (χ1n) is 5.19. The van der Waals surface area contributed by atoms with Crippen LogP contribution in [0.25, 0.3) is 6.08 Å². The standard InChI is InChI=1S/C14H11ClOS/c1-10-8-9-17-14(10)13(16)7-4-11-2-5-12(15)6-3-11/h2-9H,1H3/b7-4+. The van der Waals surface area contributed by atoms with Gasteiger partial charge in [0.1, 0.15) is 0 Å². The van der Waals surface area contributed by atoms with E-state index in [2.05, 4.69) is 0 Å². The molecule has 1 aromatic carbocycles. The number of allylic oxidation sites excluding steroid dienone is 1. The van der Waals surface area contributed by atoms with E-state index in [0.29, 0.717) is 5.02 Å². The number of carbonyl (C=O) groups is 1. The van der Waals surface area contributed by atoms with Gasteiger partial charge < -0.3 is 0 Å². The van der Waals surface area contributed by atoms with E-state index in [0.717, 1.165) is 16.0 Å². The Kier molecular flexibility index (Phi) is 3.77. The number of carbonyl (C=O) groups excluding carboxylic acids is 1. The summed E-state index contributed by atoms with van der Waals surface area (Å²) >= 11 is 7.26. The lowest BCUT2D eigenvalue weighted by atomic mass is 10.1. The van der Waals surface area contributed by atoms with Crippen LogP contribution in [0.15, 0.2) is 41.8 Å².